The number of sulfone groups is 1. The molecule has 1 aromatic carbocycles. The molecule has 0 aromatic heterocycles. The second-order valence-corrected chi connectivity index (χ2v) is 8.02. The smallest absolute Gasteiger partial charge is 0.148 e. The summed E-state index contributed by atoms with van der Waals surface area (Å²) >= 11 is 5.05. The summed E-state index contributed by atoms with van der Waals surface area (Å²) < 4.78 is 23.0. The van der Waals surface area contributed by atoms with Gasteiger partial charge < -0.3 is 5.32 Å². The molecule has 3 nitrogen and oxygen atoms in total. The van der Waals surface area contributed by atoms with Crippen LogP contribution >= 0.6 is 27.7 Å². The van der Waals surface area contributed by atoms with E-state index in [0.717, 1.165) is 15.9 Å². The lowest BCUT2D eigenvalue weighted by Gasteiger charge is -2.06. The van der Waals surface area contributed by atoms with Crippen LogP contribution in [0.1, 0.15) is 5.56 Å². The summed E-state index contributed by atoms with van der Waals surface area (Å²) in [6, 6.07) is 6.12. The lowest BCUT2D eigenvalue weighted by Crippen LogP contribution is -2.06. The predicted octanol–water partition coefficient (Wildman–Crippen LogP) is 2.31. The van der Waals surface area contributed by atoms with Crippen LogP contribution < -0.4 is 5.32 Å². The first-order valence-electron chi connectivity index (χ1n) is 5.16. The Labute approximate surface area is 115 Å². The monoisotopic (exact) mass is 337 g/mol. The maximum absolute atomic E-state index is 11.0. The Hall–Kier alpha value is -0.0400. The SMILES string of the molecule is CNCc1ccc(SCCS(C)(=O)=O)c(Br)c1. The van der Waals surface area contributed by atoms with Gasteiger partial charge in [-0.25, -0.2) is 8.42 Å². The fraction of sp³-hybridized carbons (Fsp3) is 0.455. The van der Waals surface area contributed by atoms with Crippen molar-refractivity contribution in [3.05, 3.63) is 28.2 Å². The Kier molecular flexibility index (Phi) is 5.99. The Morgan fingerprint density at radius 3 is 2.65 bits per heavy atom. The van der Waals surface area contributed by atoms with Crippen molar-refractivity contribution in [1.29, 1.82) is 0 Å². The third-order valence-corrected chi connectivity index (χ3v) is 5.29. The fourth-order valence-corrected chi connectivity index (χ4v) is 4.17. The summed E-state index contributed by atoms with van der Waals surface area (Å²) in [5, 5.41) is 3.09. The van der Waals surface area contributed by atoms with Crippen molar-refractivity contribution in [2.45, 2.75) is 11.4 Å². The Morgan fingerprint density at radius 1 is 1.41 bits per heavy atom. The van der Waals surface area contributed by atoms with Crippen LogP contribution in [0, 0.1) is 0 Å². The molecular weight excluding hydrogens is 322 g/mol. The van der Waals surface area contributed by atoms with E-state index in [-0.39, 0.29) is 5.75 Å². The first-order valence-corrected chi connectivity index (χ1v) is 9.00. The zero-order valence-electron chi connectivity index (χ0n) is 9.86. The maximum atomic E-state index is 11.0. The number of hydrogen-bond donors (Lipinski definition) is 1. The first-order chi connectivity index (χ1) is 7.92. The molecule has 0 saturated heterocycles. The highest BCUT2D eigenvalue weighted by atomic mass is 79.9. The molecule has 0 heterocycles. The van der Waals surface area contributed by atoms with Crippen molar-refractivity contribution in [2.24, 2.45) is 0 Å². The minimum atomic E-state index is -2.87. The van der Waals surface area contributed by atoms with Crippen LogP contribution in [-0.4, -0.2) is 33.2 Å². The standard InChI is InChI=1S/C11H16BrNO2S2/c1-13-8-9-3-4-11(10(12)7-9)16-5-6-17(2,14)15/h3-4,7,13H,5-6,8H2,1-2H3. The van der Waals surface area contributed by atoms with Crippen LogP contribution in [0.2, 0.25) is 0 Å². The van der Waals surface area contributed by atoms with Crippen molar-refractivity contribution in [1.82, 2.24) is 5.32 Å². The van der Waals surface area contributed by atoms with Gasteiger partial charge in [0.2, 0.25) is 0 Å². The molecule has 6 heteroatoms. The van der Waals surface area contributed by atoms with E-state index in [1.54, 1.807) is 11.8 Å². The number of rotatable bonds is 6. The van der Waals surface area contributed by atoms with Crippen molar-refractivity contribution >= 4 is 37.5 Å². The second kappa shape index (κ2) is 6.78. The van der Waals surface area contributed by atoms with E-state index in [2.05, 4.69) is 27.3 Å². The van der Waals surface area contributed by atoms with Gasteiger partial charge in [-0.1, -0.05) is 6.07 Å². The van der Waals surface area contributed by atoms with Gasteiger partial charge in [-0.05, 0) is 40.7 Å². The van der Waals surface area contributed by atoms with E-state index in [4.69, 9.17) is 0 Å². The third kappa shape index (κ3) is 5.90. The Balaban J connectivity index is 2.60. The highest BCUT2D eigenvalue weighted by Crippen LogP contribution is 2.28. The van der Waals surface area contributed by atoms with E-state index in [0.29, 0.717) is 5.75 Å². The van der Waals surface area contributed by atoms with Gasteiger partial charge in [-0.2, -0.15) is 0 Å². The summed E-state index contributed by atoms with van der Waals surface area (Å²) in [4.78, 5) is 1.08. The van der Waals surface area contributed by atoms with Crippen LogP contribution in [0.25, 0.3) is 0 Å². The van der Waals surface area contributed by atoms with Gasteiger partial charge in [-0.3, -0.25) is 0 Å². The number of halogens is 1. The highest BCUT2D eigenvalue weighted by molar-refractivity contribution is 9.10. The molecule has 0 bridgehead atoms. The normalized spacial score (nSPS) is 11.7. The zero-order chi connectivity index (χ0) is 12.9. The Bertz CT molecular complexity index is 474. The molecule has 0 atom stereocenters. The first kappa shape index (κ1) is 15.0. The van der Waals surface area contributed by atoms with E-state index < -0.39 is 9.84 Å². The summed E-state index contributed by atoms with van der Waals surface area (Å²) in [7, 11) is -0.965. The van der Waals surface area contributed by atoms with Crippen molar-refractivity contribution < 1.29 is 8.42 Å². The molecule has 96 valence electrons. The molecule has 1 aromatic rings. The quantitative estimate of drug-likeness (QED) is 0.809. The highest BCUT2D eigenvalue weighted by Gasteiger charge is 2.05. The number of hydrogen-bond acceptors (Lipinski definition) is 4. The van der Waals surface area contributed by atoms with Crippen LogP contribution in [0.3, 0.4) is 0 Å². The van der Waals surface area contributed by atoms with Crippen molar-refractivity contribution in [2.75, 3.05) is 24.8 Å². The number of thioether (sulfide) groups is 1. The van der Waals surface area contributed by atoms with Crippen LogP contribution in [0.5, 0.6) is 0 Å². The molecule has 0 spiro atoms. The summed E-state index contributed by atoms with van der Waals surface area (Å²) in [5.41, 5.74) is 1.20. The van der Waals surface area contributed by atoms with Crippen LogP contribution in [-0.2, 0) is 16.4 Å². The maximum Gasteiger partial charge on any atom is 0.148 e. The van der Waals surface area contributed by atoms with E-state index >= 15 is 0 Å². The van der Waals surface area contributed by atoms with Gasteiger partial charge in [0.15, 0.2) is 0 Å². The van der Waals surface area contributed by atoms with E-state index in [9.17, 15) is 8.42 Å². The molecule has 1 rings (SSSR count). The molecule has 0 aliphatic heterocycles. The molecule has 0 amide bonds. The van der Waals surface area contributed by atoms with E-state index in [1.807, 2.05) is 19.2 Å². The van der Waals surface area contributed by atoms with Crippen LogP contribution in [0.4, 0.5) is 0 Å². The van der Waals surface area contributed by atoms with Gasteiger partial charge >= 0.3 is 0 Å². The lowest BCUT2D eigenvalue weighted by atomic mass is 10.2. The summed E-state index contributed by atoms with van der Waals surface area (Å²) in [5.74, 6) is 0.797. The lowest BCUT2D eigenvalue weighted by molar-refractivity contribution is 0.603. The average Bonchev–Trinajstić information content (AvgIpc) is 2.20. The molecule has 0 fully saturated rings. The van der Waals surface area contributed by atoms with Crippen molar-refractivity contribution in [3.8, 4) is 0 Å². The minimum Gasteiger partial charge on any atom is -0.316 e. The largest absolute Gasteiger partial charge is 0.316 e. The van der Waals surface area contributed by atoms with Gasteiger partial charge in [0.1, 0.15) is 9.84 Å². The molecule has 0 saturated carbocycles. The topological polar surface area (TPSA) is 46.2 Å². The van der Waals surface area contributed by atoms with Gasteiger partial charge in [0, 0.05) is 27.9 Å². The molecular formula is C11H16BrNO2S2. The van der Waals surface area contributed by atoms with Crippen molar-refractivity contribution in [3.63, 3.8) is 0 Å². The molecule has 17 heavy (non-hydrogen) atoms. The third-order valence-electron chi connectivity index (χ3n) is 2.09. The molecule has 0 unspecified atom stereocenters. The minimum absolute atomic E-state index is 0.211. The van der Waals surface area contributed by atoms with E-state index in [1.165, 1.54) is 11.8 Å². The summed E-state index contributed by atoms with van der Waals surface area (Å²) in [6.45, 7) is 0.826. The zero-order valence-corrected chi connectivity index (χ0v) is 13.1. The average molecular weight is 338 g/mol. The van der Waals surface area contributed by atoms with Gasteiger partial charge in [0.05, 0.1) is 5.75 Å². The molecule has 1 N–H and O–H groups in total. The van der Waals surface area contributed by atoms with Crippen LogP contribution in [0.15, 0.2) is 27.6 Å². The van der Waals surface area contributed by atoms with Gasteiger partial charge in [0.25, 0.3) is 0 Å². The second-order valence-electron chi connectivity index (χ2n) is 3.77. The predicted molar refractivity (Wildman–Crippen MR) is 77.3 cm³/mol. The fourth-order valence-electron chi connectivity index (χ4n) is 1.28. The summed E-state index contributed by atoms with van der Waals surface area (Å²) in [6.07, 6.45) is 1.26. The Morgan fingerprint density at radius 2 is 2.12 bits per heavy atom. The molecule has 0 aliphatic rings. The molecule has 0 aliphatic carbocycles. The number of benzene rings is 1. The van der Waals surface area contributed by atoms with Gasteiger partial charge in [-0.15, -0.1) is 11.8 Å². The number of nitrogens with one attached hydrogen (secondary N) is 1. The molecule has 0 radical (unpaired) electrons.